The van der Waals surface area contributed by atoms with Gasteiger partial charge in [-0.15, -0.1) is 0 Å². The number of halogens is 4. The first-order valence-electron chi connectivity index (χ1n) is 15.4. The van der Waals surface area contributed by atoms with Crippen LogP contribution in [0.4, 0.5) is 17.1 Å². The van der Waals surface area contributed by atoms with Crippen molar-refractivity contribution >= 4 is 125 Å². The molecule has 0 amide bonds. The summed E-state index contributed by atoms with van der Waals surface area (Å²) in [7, 11) is 0. The third-order valence-corrected chi connectivity index (χ3v) is 13.0. The first-order valence-corrected chi connectivity index (χ1v) is 18.6. The van der Waals surface area contributed by atoms with Crippen LogP contribution in [-0.2, 0) is 0 Å². The van der Waals surface area contributed by atoms with Crippen LogP contribution in [0.5, 0.6) is 0 Å². The van der Waals surface area contributed by atoms with E-state index in [0.29, 0.717) is 51.1 Å². The Morgan fingerprint density at radius 2 is 1.04 bits per heavy atom. The standard InChI is InChI=1S/C32H10Br4N12O8/c33-15-9-14-16(20(35)19(15)34)28-39-27(14)43-32-13-8-4-3-7-12(13)31(44(32)48(55)56)42-26-11-6-2-1-5-10(11)25(37-26)38-30-18-17(29(40-28)41-30)21(36)23(46(51)52)24(47(53)54)22(18)45(49)50/h1-9H,(H,37,38,39,40,41,42,43). The Morgan fingerprint density at radius 1 is 0.536 bits per heavy atom. The van der Waals surface area contributed by atoms with Crippen LogP contribution in [0.2, 0.25) is 0 Å². The number of aromatic amines is 1. The quantitative estimate of drug-likeness (QED) is 0.0978. The molecule has 274 valence electrons. The number of fused-ring (bicyclic) bond motifs is 20. The first-order chi connectivity index (χ1) is 26.8. The zero-order valence-electron chi connectivity index (χ0n) is 26.9. The van der Waals surface area contributed by atoms with Gasteiger partial charge in [-0.05, 0) is 74.5 Å². The molecule has 2 aliphatic rings. The molecular formula is C32H10Br4N12O8. The van der Waals surface area contributed by atoms with E-state index in [1.54, 1.807) is 54.6 Å². The third-order valence-electron chi connectivity index (χ3n) is 8.91. The van der Waals surface area contributed by atoms with Crippen molar-refractivity contribution in [2.75, 3.05) is 0 Å². The highest BCUT2D eigenvalue weighted by atomic mass is 79.9. The minimum atomic E-state index is -1.40. The van der Waals surface area contributed by atoms with Crippen molar-refractivity contribution in [3.05, 3.63) is 113 Å². The molecule has 3 aromatic heterocycles. The van der Waals surface area contributed by atoms with Crippen LogP contribution in [0.3, 0.4) is 0 Å². The van der Waals surface area contributed by atoms with E-state index in [4.69, 9.17) is 9.97 Å². The number of nitro groups is 4. The Hall–Kier alpha value is -6.24. The molecule has 2 aliphatic heterocycles. The Balaban J connectivity index is 1.61. The number of hydrogen-bond donors (Lipinski definition) is 1. The number of hydrogen-bond acceptors (Lipinski definition) is 14. The minimum Gasteiger partial charge on any atom is -0.323 e. The summed E-state index contributed by atoms with van der Waals surface area (Å²) in [6, 6.07) is 14.8. The average molecular weight is 1010 g/mol. The molecule has 1 N–H and O–H groups in total. The Bertz CT molecular complexity index is 3240. The second-order valence-corrected chi connectivity index (χ2v) is 15.1. The van der Waals surface area contributed by atoms with Crippen molar-refractivity contribution in [1.82, 2.24) is 39.6 Å². The molecule has 20 nitrogen and oxygen atoms in total. The zero-order chi connectivity index (χ0) is 39.5. The summed E-state index contributed by atoms with van der Waals surface area (Å²) >= 11 is 13.7. The summed E-state index contributed by atoms with van der Waals surface area (Å²) in [4.78, 5) is 77.8. The van der Waals surface area contributed by atoms with Crippen LogP contribution in [-0.4, -0.2) is 59.4 Å². The molecular weight excluding hydrogens is 1000 g/mol. The highest BCUT2D eigenvalue weighted by Gasteiger charge is 2.44. The van der Waals surface area contributed by atoms with Crippen LogP contribution in [0, 0.1) is 40.5 Å². The minimum absolute atomic E-state index is 0.0284. The summed E-state index contributed by atoms with van der Waals surface area (Å²) in [5, 5.41) is 49.6. The second kappa shape index (κ2) is 12.7. The monoisotopic (exact) mass is 1010 g/mol. The summed E-state index contributed by atoms with van der Waals surface area (Å²) in [5.41, 5.74) is -3.44. The van der Waals surface area contributed by atoms with Crippen LogP contribution in [0.25, 0.3) is 89.7 Å². The van der Waals surface area contributed by atoms with E-state index in [0.717, 1.165) is 0 Å². The normalized spacial score (nSPS) is 11.8. The van der Waals surface area contributed by atoms with E-state index >= 15 is 0 Å². The topological polar surface area (TPSA) is 271 Å². The van der Waals surface area contributed by atoms with E-state index in [-0.39, 0.29) is 51.3 Å². The number of nitro benzene ring substituents is 3. The molecule has 9 rings (SSSR count). The number of H-pyrrole nitrogens is 1. The van der Waals surface area contributed by atoms with Crippen molar-refractivity contribution in [3.8, 4) is 45.6 Å². The molecule has 0 atom stereocenters. The highest BCUT2D eigenvalue weighted by Crippen LogP contribution is 2.51. The van der Waals surface area contributed by atoms with Gasteiger partial charge >= 0.3 is 17.1 Å². The van der Waals surface area contributed by atoms with Crippen LogP contribution in [0.1, 0.15) is 0 Å². The number of nitrogens with zero attached hydrogens (tertiary/aromatic N) is 11. The number of aromatic nitrogens is 8. The molecule has 0 saturated heterocycles. The van der Waals surface area contributed by atoms with Crippen LogP contribution < -0.4 is 0 Å². The molecule has 4 aromatic carbocycles. The maximum Gasteiger partial charge on any atom is 0.424 e. The molecule has 24 heteroatoms. The van der Waals surface area contributed by atoms with Gasteiger partial charge in [0, 0.05) is 46.4 Å². The smallest absolute Gasteiger partial charge is 0.323 e. The zero-order valence-corrected chi connectivity index (χ0v) is 33.2. The van der Waals surface area contributed by atoms with Crippen LogP contribution >= 0.6 is 63.7 Å². The van der Waals surface area contributed by atoms with Crippen molar-refractivity contribution in [2.45, 2.75) is 0 Å². The van der Waals surface area contributed by atoms with Gasteiger partial charge in [-0.3, -0.25) is 30.3 Å². The van der Waals surface area contributed by atoms with Gasteiger partial charge in [0.2, 0.25) is 11.3 Å². The van der Waals surface area contributed by atoms with Gasteiger partial charge in [-0.2, -0.15) is 0 Å². The predicted octanol–water partition coefficient (Wildman–Crippen LogP) is 9.16. The average Bonchev–Trinajstić information content (AvgIpc) is 3.87. The fourth-order valence-corrected chi connectivity index (χ4v) is 9.01. The fraction of sp³-hybridized carbons (Fsp3) is 0. The number of rotatable bonds is 4. The van der Waals surface area contributed by atoms with Gasteiger partial charge in [0.05, 0.1) is 20.2 Å². The molecule has 0 fully saturated rings. The molecule has 0 spiro atoms. The van der Waals surface area contributed by atoms with Crippen molar-refractivity contribution < 1.29 is 19.8 Å². The van der Waals surface area contributed by atoms with Crippen molar-refractivity contribution in [2.24, 2.45) is 0 Å². The second-order valence-electron chi connectivity index (χ2n) is 11.9. The summed E-state index contributed by atoms with van der Waals surface area (Å²) in [6.07, 6.45) is 0. The van der Waals surface area contributed by atoms with Crippen molar-refractivity contribution in [1.29, 1.82) is 0 Å². The van der Waals surface area contributed by atoms with Gasteiger partial charge in [-0.25, -0.2) is 40.0 Å². The van der Waals surface area contributed by atoms with Crippen molar-refractivity contribution in [3.63, 3.8) is 0 Å². The lowest BCUT2D eigenvalue weighted by Crippen LogP contribution is -2.09. The van der Waals surface area contributed by atoms with Gasteiger partial charge < -0.3 is 4.98 Å². The lowest BCUT2D eigenvalue weighted by Gasteiger charge is -2.06. The summed E-state index contributed by atoms with van der Waals surface area (Å²) < 4.78 is 1.63. The SMILES string of the molecule is O=[N+]([O-])c1c([N+](=O)[O-])c([N+](=O)[O-])c2c3nc4nc(nc5c6ccccc6c(nc6nc(nc([nH]3)c2c1Br)-c1c-6cc(Br)c(Br)c1Br)n5[N+](=O)[O-])-c1ccccc1-4. The fourth-order valence-electron chi connectivity index (χ4n) is 6.68. The Morgan fingerprint density at radius 3 is 1.61 bits per heavy atom. The van der Waals surface area contributed by atoms with Crippen LogP contribution in [0.15, 0.2) is 72.5 Å². The van der Waals surface area contributed by atoms with E-state index in [9.17, 15) is 40.5 Å². The van der Waals surface area contributed by atoms with E-state index in [2.05, 4.69) is 88.6 Å². The van der Waals surface area contributed by atoms with Gasteiger partial charge in [0.1, 0.15) is 21.2 Å². The molecule has 8 bridgehead atoms. The molecule has 5 heterocycles. The molecule has 0 saturated carbocycles. The number of benzene rings is 4. The number of nitrogens with one attached hydrogen (secondary N) is 1. The molecule has 0 unspecified atom stereocenters. The van der Waals surface area contributed by atoms with Gasteiger partial charge in [0.15, 0.2) is 28.3 Å². The maximum atomic E-state index is 12.9. The predicted molar refractivity (Wildman–Crippen MR) is 213 cm³/mol. The largest absolute Gasteiger partial charge is 0.424 e. The van der Waals surface area contributed by atoms with E-state index in [1.165, 1.54) is 0 Å². The molecule has 7 aromatic rings. The van der Waals surface area contributed by atoms with E-state index in [1.807, 2.05) is 0 Å². The maximum absolute atomic E-state index is 12.9. The van der Waals surface area contributed by atoms with E-state index < -0.39 is 46.7 Å². The molecule has 0 aliphatic carbocycles. The lowest BCUT2D eigenvalue weighted by atomic mass is 10.1. The third kappa shape index (κ3) is 5.05. The Labute approximate surface area is 340 Å². The summed E-state index contributed by atoms with van der Waals surface area (Å²) in [6.45, 7) is 0. The van der Waals surface area contributed by atoms with Gasteiger partial charge in [-0.1, -0.05) is 48.5 Å². The van der Waals surface area contributed by atoms with Gasteiger partial charge in [0.25, 0.3) is 0 Å². The molecule has 0 radical (unpaired) electrons. The molecule has 56 heavy (non-hydrogen) atoms. The Kier molecular flexibility index (Phi) is 8.01. The summed E-state index contributed by atoms with van der Waals surface area (Å²) in [5.74, 6) is -0.288. The lowest BCUT2D eigenvalue weighted by molar-refractivity contribution is -0.534. The first kappa shape index (κ1) is 35.5. The highest BCUT2D eigenvalue weighted by molar-refractivity contribution is 9.14.